The minimum atomic E-state index is -0.927. The molecule has 0 spiro atoms. The Kier molecular flexibility index (Phi) is 3.22. The van der Waals surface area contributed by atoms with E-state index in [-0.39, 0.29) is 19.0 Å². The second-order valence-electron chi connectivity index (χ2n) is 3.74. The summed E-state index contributed by atoms with van der Waals surface area (Å²) in [5.41, 5.74) is 0. The Hall–Kier alpha value is -2.12. The lowest BCUT2D eigenvalue weighted by Crippen LogP contribution is -2.44. The van der Waals surface area contributed by atoms with Gasteiger partial charge in [-0.25, -0.2) is 4.79 Å². The summed E-state index contributed by atoms with van der Waals surface area (Å²) in [6, 6.07) is -0.263. The van der Waals surface area contributed by atoms with Crippen molar-refractivity contribution in [3.05, 3.63) is 12.2 Å². The molecule has 0 unspecified atom stereocenters. The molecule has 8 heteroatoms. The third kappa shape index (κ3) is 2.71. The zero-order chi connectivity index (χ0) is 12.3. The molecule has 1 aromatic rings. The van der Waals surface area contributed by atoms with E-state index in [9.17, 15) is 9.59 Å². The van der Waals surface area contributed by atoms with E-state index < -0.39 is 5.97 Å². The number of aromatic nitrogens is 3. The molecule has 0 bridgehead atoms. The van der Waals surface area contributed by atoms with Gasteiger partial charge in [0.2, 0.25) is 0 Å². The summed E-state index contributed by atoms with van der Waals surface area (Å²) in [6.45, 7) is 1.77. The molecule has 0 aliphatic carbocycles. The van der Waals surface area contributed by atoms with Gasteiger partial charge in [-0.1, -0.05) is 0 Å². The molecule has 0 radical (unpaired) electrons. The quantitative estimate of drug-likeness (QED) is 0.724. The smallest absolute Gasteiger partial charge is 0.317 e. The zero-order valence-electron chi connectivity index (χ0n) is 9.17. The minimum absolute atomic E-state index is 0.0736. The SMILES string of the molecule is O=C(O)CCNC(=O)N1CCn2cnnc2C1. The van der Waals surface area contributed by atoms with Gasteiger partial charge in [0, 0.05) is 19.6 Å². The summed E-state index contributed by atoms with van der Waals surface area (Å²) in [5, 5.41) is 18.7. The van der Waals surface area contributed by atoms with Crippen molar-refractivity contribution in [2.24, 2.45) is 0 Å². The molecule has 0 saturated carbocycles. The Morgan fingerprint density at radius 2 is 2.29 bits per heavy atom. The van der Waals surface area contributed by atoms with Gasteiger partial charge >= 0.3 is 12.0 Å². The largest absolute Gasteiger partial charge is 0.481 e. The van der Waals surface area contributed by atoms with E-state index in [1.807, 2.05) is 4.57 Å². The lowest BCUT2D eigenvalue weighted by molar-refractivity contribution is -0.136. The Bertz CT molecular complexity index is 430. The molecule has 2 N–H and O–H groups in total. The van der Waals surface area contributed by atoms with Crippen LogP contribution in [0.15, 0.2) is 6.33 Å². The Balaban J connectivity index is 1.84. The monoisotopic (exact) mass is 239 g/mol. The fourth-order valence-electron chi connectivity index (χ4n) is 1.63. The lowest BCUT2D eigenvalue weighted by atomic mass is 10.3. The fourth-order valence-corrected chi connectivity index (χ4v) is 1.63. The second-order valence-corrected chi connectivity index (χ2v) is 3.74. The van der Waals surface area contributed by atoms with Crippen molar-refractivity contribution in [3.8, 4) is 0 Å². The first-order valence-corrected chi connectivity index (χ1v) is 5.28. The summed E-state index contributed by atoms with van der Waals surface area (Å²) in [7, 11) is 0. The van der Waals surface area contributed by atoms with Gasteiger partial charge in [-0.3, -0.25) is 4.79 Å². The van der Waals surface area contributed by atoms with Gasteiger partial charge in [-0.2, -0.15) is 0 Å². The average molecular weight is 239 g/mol. The van der Waals surface area contributed by atoms with Gasteiger partial charge in [-0.15, -0.1) is 10.2 Å². The van der Waals surface area contributed by atoms with Crippen LogP contribution in [0.5, 0.6) is 0 Å². The van der Waals surface area contributed by atoms with Crippen molar-refractivity contribution in [1.82, 2.24) is 25.0 Å². The van der Waals surface area contributed by atoms with Gasteiger partial charge in [0.05, 0.1) is 13.0 Å². The van der Waals surface area contributed by atoms with Crippen molar-refractivity contribution in [1.29, 1.82) is 0 Å². The lowest BCUT2D eigenvalue weighted by Gasteiger charge is -2.27. The average Bonchev–Trinajstić information content (AvgIpc) is 2.75. The molecule has 1 aromatic heterocycles. The molecule has 2 amide bonds. The standard InChI is InChI=1S/C9H13N5O3/c15-8(16)1-2-10-9(17)13-3-4-14-6-11-12-7(14)5-13/h6H,1-5H2,(H,10,17)(H,15,16). The van der Waals surface area contributed by atoms with E-state index >= 15 is 0 Å². The van der Waals surface area contributed by atoms with E-state index in [1.165, 1.54) is 0 Å². The van der Waals surface area contributed by atoms with E-state index in [0.717, 1.165) is 5.82 Å². The van der Waals surface area contributed by atoms with Gasteiger partial charge in [0.25, 0.3) is 0 Å². The van der Waals surface area contributed by atoms with E-state index in [1.54, 1.807) is 11.2 Å². The van der Waals surface area contributed by atoms with Crippen LogP contribution in [0.4, 0.5) is 4.79 Å². The van der Waals surface area contributed by atoms with Crippen LogP contribution in [-0.2, 0) is 17.9 Å². The molecule has 17 heavy (non-hydrogen) atoms. The predicted molar refractivity (Wildman–Crippen MR) is 56.1 cm³/mol. The summed E-state index contributed by atoms with van der Waals surface area (Å²) < 4.78 is 1.89. The summed E-state index contributed by atoms with van der Waals surface area (Å²) >= 11 is 0. The molecule has 2 heterocycles. The number of aliphatic carboxylic acids is 1. The normalized spacial score (nSPS) is 14.2. The number of carboxylic acids is 1. The Morgan fingerprint density at radius 1 is 1.47 bits per heavy atom. The number of nitrogens with one attached hydrogen (secondary N) is 1. The maximum atomic E-state index is 11.7. The highest BCUT2D eigenvalue weighted by molar-refractivity contribution is 5.75. The highest BCUT2D eigenvalue weighted by Gasteiger charge is 2.21. The number of carbonyl (C=O) groups is 2. The maximum Gasteiger partial charge on any atom is 0.317 e. The second kappa shape index (κ2) is 4.81. The van der Waals surface area contributed by atoms with Crippen LogP contribution in [0.25, 0.3) is 0 Å². The van der Waals surface area contributed by atoms with Crippen molar-refractivity contribution in [3.63, 3.8) is 0 Å². The van der Waals surface area contributed by atoms with Gasteiger partial charge in [0.15, 0.2) is 5.82 Å². The van der Waals surface area contributed by atoms with Crippen molar-refractivity contribution in [2.45, 2.75) is 19.5 Å². The van der Waals surface area contributed by atoms with Gasteiger partial charge in [-0.05, 0) is 0 Å². The van der Waals surface area contributed by atoms with Crippen molar-refractivity contribution in [2.75, 3.05) is 13.1 Å². The molecule has 0 aromatic carbocycles. The molecular weight excluding hydrogens is 226 g/mol. The molecule has 8 nitrogen and oxygen atoms in total. The van der Waals surface area contributed by atoms with Gasteiger partial charge < -0.3 is 19.9 Å². The van der Waals surface area contributed by atoms with Crippen LogP contribution in [0.1, 0.15) is 12.2 Å². The summed E-state index contributed by atoms with van der Waals surface area (Å²) in [5.74, 6) is -0.187. The van der Waals surface area contributed by atoms with Crippen LogP contribution in [0, 0.1) is 0 Å². The number of urea groups is 1. The molecule has 92 valence electrons. The highest BCUT2D eigenvalue weighted by atomic mass is 16.4. The molecule has 2 rings (SSSR count). The number of rotatable bonds is 3. The topological polar surface area (TPSA) is 100 Å². The predicted octanol–water partition coefficient (Wildman–Crippen LogP) is -0.722. The molecule has 1 aliphatic rings. The number of hydrogen-bond acceptors (Lipinski definition) is 4. The van der Waals surface area contributed by atoms with Crippen LogP contribution >= 0.6 is 0 Å². The van der Waals surface area contributed by atoms with E-state index in [2.05, 4.69) is 15.5 Å². The summed E-state index contributed by atoms with van der Waals surface area (Å²) in [6.07, 6.45) is 1.56. The molecule has 0 atom stereocenters. The number of hydrogen-bond donors (Lipinski definition) is 2. The first-order chi connectivity index (χ1) is 8.16. The van der Waals surface area contributed by atoms with Crippen LogP contribution in [0.3, 0.4) is 0 Å². The third-order valence-corrected chi connectivity index (χ3v) is 2.54. The van der Waals surface area contributed by atoms with Gasteiger partial charge in [0.1, 0.15) is 6.33 Å². The Morgan fingerprint density at radius 3 is 3.06 bits per heavy atom. The summed E-state index contributed by atoms with van der Waals surface area (Å²) in [4.78, 5) is 23.6. The van der Waals surface area contributed by atoms with Crippen LogP contribution < -0.4 is 5.32 Å². The fraction of sp³-hybridized carbons (Fsp3) is 0.556. The van der Waals surface area contributed by atoms with Crippen molar-refractivity contribution >= 4 is 12.0 Å². The number of nitrogens with zero attached hydrogens (tertiary/aromatic N) is 4. The Labute approximate surface area is 97.2 Å². The zero-order valence-corrected chi connectivity index (χ0v) is 9.17. The maximum absolute atomic E-state index is 11.7. The minimum Gasteiger partial charge on any atom is -0.481 e. The van der Waals surface area contributed by atoms with E-state index in [4.69, 9.17) is 5.11 Å². The molecule has 0 fully saturated rings. The number of carboxylic acid groups (broad SMARTS) is 1. The van der Waals surface area contributed by atoms with E-state index in [0.29, 0.717) is 19.6 Å². The number of amides is 2. The van der Waals surface area contributed by atoms with Crippen LogP contribution in [0.2, 0.25) is 0 Å². The number of carbonyl (C=O) groups excluding carboxylic acids is 1. The molecular formula is C9H13N5O3. The highest BCUT2D eigenvalue weighted by Crippen LogP contribution is 2.08. The van der Waals surface area contributed by atoms with Crippen molar-refractivity contribution < 1.29 is 14.7 Å². The number of fused-ring (bicyclic) bond motifs is 1. The van der Waals surface area contributed by atoms with Crippen LogP contribution in [-0.4, -0.2) is 49.9 Å². The first kappa shape index (κ1) is 11.4. The first-order valence-electron chi connectivity index (χ1n) is 5.28. The third-order valence-electron chi connectivity index (χ3n) is 2.54. The molecule has 1 aliphatic heterocycles. The molecule has 0 saturated heterocycles.